The Labute approximate surface area is 130 Å². The number of nitrogens with zero attached hydrogens (tertiary/aromatic N) is 1. The summed E-state index contributed by atoms with van der Waals surface area (Å²) in [4.78, 5) is 0.281. The predicted octanol–water partition coefficient (Wildman–Crippen LogP) is 2.10. The molecule has 0 heterocycles. The molecule has 118 valence electrons. The van der Waals surface area contributed by atoms with Crippen LogP contribution in [0.25, 0.3) is 0 Å². The number of sulfonamides is 1. The highest BCUT2D eigenvalue weighted by atomic mass is 35.5. The molecule has 0 atom stereocenters. The van der Waals surface area contributed by atoms with Gasteiger partial charge in [-0.25, -0.2) is 8.42 Å². The lowest BCUT2D eigenvalue weighted by molar-refractivity contribution is 0.177. The number of alkyl halides is 1. The van der Waals surface area contributed by atoms with E-state index in [1.54, 1.807) is 31.4 Å². The van der Waals surface area contributed by atoms with E-state index < -0.39 is 10.0 Å². The van der Waals surface area contributed by atoms with E-state index >= 15 is 0 Å². The van der Waals surface area contributed by atoms with Crippen LogP contribution < -0.4 is 4.74 Å². The highest BCUT2D eigenvalue weighted by Gasteiger charge is 2.37. The molecule has 1 aromatic carbocycles. The number of rotatable bonds is 9. The van der Waals surface area contributed by atoms with Gasteiger partial charge in [-0.15, -0.1) is 11.6 Å². The van der Waals surface area contributed by atoms with E-state index in [4.69, 9.17) is 21.1 Å². The number of halogens is 1. The number of ether oxygens (including phenoxy) is 2. The first-order chi connectivity index (χ1) is 10.1. The summed E-state index contributed by atoms with van der Waals surface area (Å²) in [6.45, 7) is 1.18. The van der Waals surface area contributed by atoms with Gasteiger partial charge in [0.1, 0.15) is 12.4 Å². The number of methoxy groups -OCH3 is 1. The van der Waals surface area contributed by atoms with Crippen LogP contribution in [-0.2, 0) is 14.8 Å². The second-order valence-electron chi connectivity index (χ2n) is 4.85. The first-order valence-corrected chi connectivity index (χ1v) is 8.86. The predicted molar refractivity (Wildman–Crippen MR) is 81.4 cm³/mol. The Balaban J connectivity index is 2.13. The van der Waals surface area contributed by atoms with Gasteiger partial charge in [-0.3, -0.25) is 0 Å². The number of benzene rings is 1. The Morgan fingerprint density at radius 1 is 1.24 bits per heavy atom. The monoisotopic (exact) mass is 333 g/mol. The molecule has 2 rings (SSSR count). The molecule has 5 nitrogen and oxygen atoms in total. The molecule has 21 heavy (non-hydrogen) atoms. The van der Waals surface area contributed by atoms with E-state index in [2.05, 4.69) is 0 Å². The molecule has 0 unspecified atom stereocenters. The molecule has 0 amide bonds. The largest absolute Gasteiger partial charge is 0.492 e. The second kappa shape index (κ2) is 7.45. The minimum absolute atomic E-state index is 0.109. The van der Waals surface area contributed by atoms with Crippen molar-refractivity contribution in [3.8, 4) is 5.75 Å². The molecule has 0 saturated heterocycles. The van der Waals surface area contributed by atoms with Crippen LogP contribution in [0.1, 0.15) is 12.8 Å². The van der Waals surface area contributed by atoms with Crippen LogP contribution in [0.4, 0.5) is 0 Å². The van der Waals surface area contributed by atoms with Crippen LogP contribution in [0, 0.1) is 0 Å². The Hall–Kier alpha value is -0.820. The average Bonchev–Trinajstić information content (AvgIpc) is 3.30. The fourth-order valence-corrected chi connectivity index (χ4v) is 3.79. The van der Waals surface area contributed by atoms with Gasteiger partial charge in [0.25, 0.3) is 0 Å². The van der Waals surface area contributed by atoms with E-state index in [9.17, 15) is 8.42 Å². The van der Waals surface area contributed by atoms with Crippen LogP contribution >= 0.6 is 11.6 Å². The van der Waals surface area contributed by atoms with Gasteiger partial charge < -0.3 is 9.47 Å². The molecule has 1 aliphatic rings. The fourth-order valence-electron chi connectivity index (χ4n) is 2.04. The van der Waals surface area contributed by atoms with E-state index in [0.717, 1.165) is 12.8 Å². The van der Waals surface area contributed by atoms with Crippen LogP contribution in [-0.4, -0.2) is 51.5 Å². The van der Waals surface area contributed by atoms with E-state index in [1.165, 1.54) is 4.31 Å². The summed E-state index contributed by atoms with van der Waals surface area (Å²) < 4.78 is 37.2. The third kappa shape index (κ3) is 4.32. The lowest BCUT2D eigenvalue weighted by Gasteiger charge is -2.21. The molecule has 1 saturated carbocycles. The summed E-state index contributed by atoms with van der Waals surface area (Å²) in [5.41, 5.74) is 0. The van der Waals surface area contributed by atoms with Gasteiger partial charge in [0.05, 0.1) is 17.4 Å². The third-order valence-corrected chi connectivity index (χ3v) is 5.37. The molecule has 0 N–H and O–H groups in total. The summed E-state index contributed by atoms with van der Waals surface area (Å²) in [6, 6.07) is 6.56. The highest BCUT2D eigenvalue weighted by molar-refractivity contribution is 7.89. The van der Waals surface area contributed by atoms with Gasteiger partial charge in [0.15, 0.2) is 0 Å². The summed E-state index contributed by atoms with van der Waals surface area (Å²) in [5, 5.41) is 0. The van der Waals surface area contributed by atoms with Crippen molar-refractivity contribution in [1.29, 1.82) is 0 Å². The van der Waals surface area contributed by atoms with E-state index in [-0.39, 0.29) is 10.9 Å². The number of hydrogen-bond acceptors (Lipinski definition) is 4. The van der Waals surface area contributed by atoms with E-state index in [0.29, 0.717) is 31.4 Å². The molecular weight excluding hydrogens is 314 g/mol. The van der Waals surface area contributed by atoms with Gasteiger partial charge >= 0.3 is 0 Å². The van der Waals surface area contributed by atoms with Gasteiger partial charge in [-0.1, -0.05) is 0 Å². The van der Waals surface area contributed by atoms with Gasteiger partial charge in [0.2, 0.25) is 10.0 Å². The van der Waals surface area contributed by atoms with Crippen molar-refractivity contribution in [1.82, 2.24) is 4.31 Å². The van der Waals surface area contributed by atoms with Crippen molar-refractivity contribution >= 4 is 21.6 Å². The fraction of sp³-hybridized carbons (Fsp3) is 0.571. The maximum Gasteiger partial charge on any atom is 0.243 e. The second-order valence-corrected chi connectivity index (χ2v) is 7.12. The zero-order valence-corrected chi connectivity index (χ0v) is 13.6. The van der Waals surface area contributed by atoms with Crippen molar-refractivity contribution in [3.63, 3.8) is 0 Å². The minimum atomic E-state index is -3.48. The number of hydrogen-bond donors (Lipinski definition) is 0. The SMILES string of the molecule is COCCN(C1CC1)S(=O)(=O)c1ccc(OCCCl)cc1. The molecule has 0 aliphatic heterocycles. The lowest BCUT2D eigenvalue weighted by atomic mass is 10.3. The molecule has 0 radical (unpaired) electrons. The maximum absolute atomic E-state index is 12.7. The Bertz CT molecular complexity index is 543. The first kappa shape index (κ1) is 16.5. The molecule has 1 fully saturated rings. The Morgan fingerprint density at radius 2 is 1.90 bits per heavy atom. The van der Waals surface area contributed by atoms with Gasteiger partial charge in [-0.2, -0.15) is 4.31 Å². The van der Waals surface area contributed by atoms with Crippen molar-refractivity contribution < 1.29 is 17.9 Å². The van der Waals surface area contributed by atoms with Crippen LogP contribution in [0.3, 0.4) is 0 Å². The third-order valence-electron chi connectivity index (χ3n) is 3.25. The van der Waals surface area contributed by atoms with E-state index in [1.807, 2.05) is 0 Å². The van der Waals surface area contributed by atoms with Crippen molar-refractivity contribution in [2.75, 3.05) is 32.7 Å². The van der Waals surface area contributed by atoms with Crippen molar-refractivity contribution in [3.05, 3.63) is 24.3 Å². The average molecular weight is 334 g/mol. The molecule has 7 heteroatoms. The normalized spacial score (nSPS) is 15.4. The standard InChI is InChI=1S/C14H20ClNO4S/c1-19-11-9-16(12-2-3-12)21(17,18)14-6-4-13(5-7-14)20-10-8-15/h4-7,12H,2-3,8-11H2,1H3. The quantitative estimate of drug-likeness (QED) is 0.649. The maximum atomic E-state index is 12.7. The highest BCUT2D eigenvalue weighted by Crippen LogP contribution is 2.32. The molecule has 1 aromatic rings. The Morgan fingerprint density at radius 3 is 2.43 bits per heavy atom. The topological polar surface area (TPSA) is 55.8 Å². The molecule has 0 bridgehead atoms. The Kier molecular flexibility index (Phi) is 5.87. The minimum Gasteiger partial charge on any atom is -0.492 e. The molecule has 1 aliphatic carbocycles. The summed E-state index contributed by atoms with van der Waals surface area (Å²) in [5.74, 6) is 1.01. The lowest BCUT2D eigenvalue weighted by Crippen LogP contribution is -2.35. The molecular formula is C14H20ClNO4S. The zero-order chi connectivity index (χ0) is 15.3. The van der Waals surface area contributed by atoms with Gasteiger partial charge in [-0.05, 0) is 37.1 Å². The van der Waals surface area contributed by atoms with Crippen molar-refractivity contribution in [2.45, 2.75) is 23.8 Å². The van der Waals surface area contributed by atoms with Crippen LogP contribution in [0.2, 0.25) is 0 Å². The summed E-state index contributed by atoms with van der Waals surface area (Å²) in [6.07, 6.45) is 1.83. The van der Waals surface area contributed by atoms with Crippen LogP contribution in [0.5, 0.6) is 5.75 Å². The summed E-state index contributed by atoms with van der Waals surface area (Å²) >= 11 is 5.55. The van der Waals surface area contributed by atoms with Crippen LogP contribution in [0.15, 0.2) is 29.2 Å². The molecule has 0 aromatic heterocycles. The molecule has 0 spiro atoms. The van der Waals surface area contributed by atoms with Gasteiger partial charge in [0, 0.05) is 19.7 Å². The smallest absolute Gasteiger partial charge is 0.243 e. The first-order valence-electron chi connectivity index (χ1n) is 6.89. The van der Waals surface area contributed by atoms with Crippen molar-refractivity contribution in [2.24, 2.45) is 0 Å². The summed E-state index contributed by atoms with van der Waals surface area (Å²) in [7, 11) is -1.91. The zero-order valence-electron chi connectivity index (χ0n) is 12.0.